The molecule has 1 heterocycles. The van der Waals surface area contributed by atoms with Crippen molar-refractivity contribution in [3.05, 3.63) is 113 Å². The maximum atomic E-state index is 12.7. The molecule has 0 saturated heterocycles. The summed E-state index contributed by atoms with van der Waals surface area (Å²) in [6, 6.07) is 21.5. The smallest absolute Gasteiger partial charge is 0.252 e. The molecule has 196 valence electrons. The Labute approximate surface area is 232 Å². The minimum absolute atomic E-state index is 0.189. The van der Waals surface area contributed by atoms with Gasteiger partial charge in [0.05, 0.1) is 19.4 Å². The van der Waals surface area contributed by atoms with Crippen LogP contribution in [0, 0.1) is 12.3 Å². The molecule has 6 nitrogen and oxygen atoms in total. The van der Waals surface area contributed by atoms with Crippen LogP contribution < -0.4 is 10.1 Å². The molecule has 0 spiro atoms. The van der Waals surface area contributed by atoms with Gasteiger partial charge in [-0.1, -0.05) is 36.3 Å². The maximum Gasteiger partial charge on any atom is 0.252 e. The number of Topliss-reactive ketones (excluding diaryl/α,β-unsaturated/α-hetero) is 1. The van der Waals surface area contributed by atoms with E-state index in [0.717, 1.165) is 45.7 Å². The number of carbonyl (C=O) groups is 2. The van der Waals surface area contributed by atoms with Crippen molar-refractivity contribution in [2.75, 3.05) is 6.54 Å². The first kappa shape index (κ1) is 26.3. The molecule has 1 aromatic heterocycles. The van der Waals surface area contributed by atoms with Crippen molar-refractivity contribution in [1.29, 1.82) is 0 Å². The summed E-state index contributed by atoms with van der Waals surface area (Å²) in [6.45, 7) is 0.802. The first-order chi connectivity index (χ1) is 19.1. The molecule has 0 bridgehead atoms. The summed E-state index contributed by atoms with van der Waals surface area (Å²) in [4.78, 5) is 30.2. The van der Waals surface area contributed by atoms with Gasteiger partial charge >= 0.3 is 0 Å². The van der Waals surface area contributed by atoms with Crippen LogP contribution in [0.15, 0.2) is 90.3 Å². The number of rotatable bonds is 10. The summed E-state index contributed by atoms with van der Waals surface area (Å²) in [5.41, 5.74) is 4.56. The quantitative estimate of drug-likeness (QED) is 0.203. The third kappa shape index (κ3) is 6.42. The van der Waals surface area contributed by atoms with E-state index in [1.807, 2.05) is 53.2 Å². The Morgan fingerprint density at radius 1 is 1.10 bits per heavy atom. The topological polar surface area (TPSA) is 73.2 Å². The zero-order valence-corrected chi connectivity index (χ0v) is 22.3. The second-order valence-corrected chi connectivity index (χ2v) is 10.4. The molecule has 0 saturated carbocycles. The van der Waals surface area contributed by atoms with E-state index in [0.29, 0.717) is 24.3 Å². The number of hydrogen-bond donors (Lipinski definition) is 1. The summed E-state index contributed by atoms with van der Waals surface area (Å²) >= 11 is 1.66. The van der Waals surface area contributed by atoms with E-state index in [2.05, 4.69) is 28.4 Å². The van der Waals surface area contributed by atoms with Gasteiger partial charge in [0.2, 0.25) is 0 Å². The van der Waals surface area contributed by atoms with Crippen LogP contribution in [-0.4, -0.2) is 27.8 Å². The number of carbonyl (C=O) groups excluding carboxylic acids is 2. The van der Waals surface area contributed by atoms with Gasteiger partial charge in [0, 0.05) is 46.2 Å². The lowest BCUT2D eigenvalue weighted by atomic mass is 9.87. The van der Waals surface area contributed by atoms with Crippen molar-refractivity contribution >= 4 is 23.5 Å². The summed E-state index contributed by atoms with van der Waals surface area (Å²) in [6.07, 6.45) is 12.7. The number of imidazole rings is 1. The van der Waals surface area contributed by atoms with Crippen molar-refractivity contribution in [3.8, 4) is 18.1 Å². The Morgan fingerprint density at radius 3 is 2.67 bits per heavy atom. The summed E-state index contributed by atoms with van der Waals surface area (Å²) < 4.78 is 8.75. The average Bonchev–Trinajstić information content (AvgIpc) is 3.49. The van der Waals surface area contributed by atoms with Crippen LogP contribution in [0.5, 0.6) is 5.75 Å². The summed E-state index contributed by atoms with van der Waals surface area (Å²) in [7, 11) is 0. The number of amides is 1. The highest BCUT2D eigenvalue weighted by atomic mass is 32.2. The third-order valence-corrected chi connectivity index (χ3v) is 7.78. The number of nitrogens with one attached hydrogen (secondary N) is 1. The second-order valence-electron chi connectivity index (χ2n) is 9.32. The van der Waals surface area contributed by atoms with Crippen LogP contribution >= 0.6 is 11.8 Å². The van der Waals surface area contributed by atoms with E-state index in [4.69, 9.17) is 11.2 Å². The zero-order valence-electron chi connectivity index (χ0n) is 21.5. The van der Waals surface area contributed by atoms with E-state index >= 15 is 0 Å². The number of benzene rings is 3. The van der Waals surface area contributed by atoms with Gasteiger partial charge in [-0.05, 0) is 60.4 Å². The molecule has 39 heavy (non-hydrogen) atoms. The molecule has 1 aliphatic rings. The van der Waals surface area contributed by atoms with Crippen LogP contribution in [0.1, 0.15) is 56.4 Å². The van der Waals surface area contributed by atoms with Gasteiger partial charge in [-0.25, -0.2) is 4.98 Å². The number of fused-ring (bicyclic) bond motifs is 1. The van der Waals surface area contributed by atoms with Crippen LogP contribution in [0.3, 0.4) is 0 Å². The molecule has 3 aromatic carbocycles. The Hall–Kier alpha value is -4.28. The number of hydrogen-bond acceptors (Lipinski definition) is 5. The van der Waals surface area contributed by atoms with E-state index in [9.17, 15) is 9.59 Å². The van der Waals surface area contributed by atoms with Crippen molar-refractivity contribution in [3.63, 3.8) is 0 Å². The van der Waals surface area contributed by atoms with Crippen LogP contribution in [0.4, 0.5) is 0 Å². The molecule has 4 aromatic rings. The molecule has 1 amide bonds. The molecule has 0 radical (unpaired) electrons. The molecule has 0 aliphatic heterocycles. The number of nitrogens with zero attached hydrogens (tertiary/aromatic N) is 2. The first-order valence-corrected chi connectivity index (χ1v) is 13.9. The highest BCUT2D eigenvalue weighted by Crippen LogP contribution is 2.38. The number of thioether (sulfide) groups is 1. The number of ether oxygens (including phenoxy) is 1. The highest BCUT2D eigenvalue weighted by Gasteiger charge is 2.24. The molecule has 1 atom stereocenters. The highest BCUT2D eigenvalue weighted by molar-refractivity contribution is 7.98. The molecular formula is C32H29N3O3S. The van der Waals surface area contributed by atoms with E-state index in [1.54, 1.807) is 36.4 Å². The molecule has 1 N–H and O–H groups in total. The number of ketones is 1. The fraction of sp³-hybridized carbons (Fsp3) is 0.219. The maximum absolute atomic E-state index is 12.7. The van der Waals surface area contributed by atoms with Crippen LogP contribution in [-0.2, 0) is 18.7 Å². The lowest BCUT2D eigenvalue weighted by Crippen LogP contribution is -2.23. The largest absolute Gasteiger partial charge is 0.484 e. The van der Waals surface area contributed by atoms with Gasteiger partial charge in [0.15, 0.2) is 5.78 Å². The predicted molar refractivity (Wildman–Crippen MR) is 153 cm³/mol. The monoisotopic (exact) mass is 535 g/mol. The van der Waals surface area contributed by atoms with Gasteiger partial charge in [-0.15, -0.1) is 18.2 Å². The van der Waals surface area contributed by atoms with Crippen LogP contribution in [0.25, 0.3) is 0 Å². The number of aromatic nitrogens is 2. The molecule has 0 fully saturated rings. The lowest BCUT2D eigenvalue weighted by Gasteiger charge is -2.25. The van der Waals surface area contributed by atoms with Crippen molar-refractivity contribution in [2.45, 2.75) is 42.6 Å². The minimum Gasteiger partial charge on any atom is -0.484 e. The Kier molecular flexibility index (Phi) is 8.45. The molecule has 7 heteroatoms. The fourth-order valence-corrected chi connectivity index (χ4v) is 5.71. The van der Waals surface area contributed by atoms with E-state index in [-0.39, 0.29) is 24.3 Å². The Bertz CT molecular complexity index is 1480. The SMILES string of the molecule is C#CCNC(=O)c1ccc(SCc2c(OC(Cn3ccnc3)c3ccccc3)ccc3c2CCCC3=O)cc1. The van der Waals surface area contributed by atoms with Gasteiger partial charge in [0.25, 0.3) is 5.91 Å². The van der Waals surface area contributed by atoms with Crippen molar-refractivity contribution in [2.24, 2.45) is 0 Å². The summed E-state index contributed by atoms with van der Waals surface area (Å²) in [5.74, 6) is 3.83. The second kappa shape index (κ2) is 12.5. The van der Waals surface area contributed by atoms with Gasteiger partial charge < -0.3 is 14.6 Å². The minimum atomic E-state index is -0.234. The normalized spacial score (nSPS) is 13.3. The number of terminal acetylenes is 1. The summed E-state index contributed by atoms with van der Waals surface area (Å²) in [5, 5.41) is 2.68. The molecule has 1 unspecified atom stereocenters. The van der Waals surface area contributed by atoms with Crippen molar-refractivity contribution in [1.82, 2.24) is 14.9 Å². The van der Waals surface area contributed by atoms with Gasteiger partial charge in [-0.2, -0.15) is 0 Å². The van der Waals surface area contributed by atoms with Crippen LogP contribution in [0.2, 0.25) is 0 Å². The lowest BCUT2D eigenvalue weighted by molar-refractivity contribution is 0.0954. The van der Waals surface area contributed by atoms with Gasteiger partial charge in [0.1, 0.15) is 11.9 Å². The Morgan fingerprint density at radius 2 is 1.92 bits per heavy atom. The standard InChI is InChI=1S/C32H29N3O3S/c1-2-17-34-32(37)24-11-13-25(14-12-24)39-21-28-26-9-6-10-29(36)27(26)15-16-30(28)38-31(20-35-19-18-33-22-35)23-7-4-3-5-8-23/h1,3-5,7-8,11-16,18-19,22,31H,6,9-10,17,20-21H2,(H,34,37). The average molecular weight is 536 g/mol. The van der Waals surface area contributed by atoms with Gasteiger partial charge in [-0.3, -0.25) is 9.59 Å². The Balaban J connectivity index is 1.42. The fourth-order valence-electron chi connectivity index (χ4n) is 4.76. The third-order valence-electron chi connectivity index (χ3n) is 6.75. The molecular weight excluding hydrogens is 506 g/mol. The predicted octanol–water partition coefficient (Wildman–Crippen LogP) is 5.88. The van der Waals surface area contributed by atoms with E-state index in [1.165, 1.54) is 0 Å². The molecule has 1 aliphatic carbocycles. The van der Waals surface area contributed by atoms with E-state index < -0.39 is 0 Å². The first-order valence-electron chi connectivity index (χ1n) is 12.9. The molecule has 5 rings (SSSR count). The van der Waals surface area contributed by atoms with Crippen molar-refractivity contribution < 1.29 is 14.3 Å². The zero-order chi connectivity index (χ0) is 27.0.